The fraction of sp³-hybridized carbons (Fsp3) is 0. The van der Waals surface area contributed by atoms with E-state index in [1.54, 1.807) is 0 Å². The standard InChI is InChI=1S/ClH.Co.5H2N/h1H;;5*1H2/q;;5*-1. The molecule has 10 N–H and O–H groups in total. The largest absolute Gasteiger partial charge is 0.693 e. The number of halogens is 1. The first-order valence-corrected chi connectivity index (χ1v) is 0. The maximum Gasteiger partial charge on any atom is 0 e. The molecule has 1 radical (unpaired) electrons. The van der Waals surface area contributed by atoms with Crippen LogP contribution < -0.4 is 0 Å². The first-order valence-electron chi connectivity index (χ1n) is 0. The number of nitrogens with two attached hydrogens (primary N) is 5. The van der Waals surface area contributed by atoms with Crippen LogP contribution >= 0.6 is 12.4 Å². The smallest absolute Gasteiger partial charge is 0 e. The van der Waals surface area contributed by atoms with Crippen molar-refractivity contribution >= 4 is 12.4 Å². The van der Waals surface area contributed by atoms with Crippen molar-refractivity contribution in [1.82, 2.24) is 0 Å². The van der Waals surface area contributed by atoms with Crippen LogP contribution in [0.4, 0.5) is 0 Å². The average Bonchev–Trinajstić information content (AvgIpc) is 0. The summed E-state index contributed by atoms with van der Waals surface area (Å²) in [6.07, 6.45) is 0. The van der Waals surface area contributed by atoms with E-state index in [1.807, 2.05) is 0 Å². The normalized spacial score (nSPS) is 0. The van der Waals surface area contributed by atoms with Gasteiger partial charge in [-0.05, 0) is 0 Å². The van der Waals surface area contributed by atoms with E-state index in [2.05, 4.69) is 0 Å². The van der Waals surface area contributed by atoms with Gasteiger partial charge in [0.05, 0.1) is 0 Å². The third-order valence-electron chi connectivity index (χ3n) is 0. The predicted octanol–water partition coefficient (Wildman–Crippen LogP) is 4.00. The van der Waals surface area contributed by atoms with Gasteiger partial charge in [0.2, 0.25) is 0 Å². The third kappa shape index (κ3) is 392. The van der Waals surface area contributed by atoms with Gasteiger partial charge >= 0.3 is 0 Å². The molecule has 0 unspecified atom stereocenters. The summed E-state index contributed by atoms with van der Waals surface area (Å²) >= 11 is 0. The number of rotatable bonds is 0. The molecule has 0 aliphatic heterocycles. The van der Waals surface area contributed by atoms with Crippen molar-refractivity contribution in [1.29, 1.82) is 0 Å². The molecule has 0 saturated heterocycles. The van der Waals surface area contributed by atoms with E-state index in [9.17, 15) is 0 Å². The molecule has 0 aromatic rings. The van der Waals surface area contributed by atoms with Crippen molar-refractivity contribution in [3.8, 4) is 0 Å². The van der Waals surface area contributed by atoms with Gasteiger partial charge in [0.25, 0.3) is 0 Å². The summed E-state index contributed by atoms with van der Waals surface area (Å²) in [6, 6.07) is 0. The van der Waals surface area contributed by atoms with Crippen LogP contribution in [-0.2, 0) is 16.8 Å². The van der Waals surface area contributed by atoms with E-state index >= 15 is 0 Å². The molecule has 7 heavy (non-hydrogen) atoms. The zero-order valence-corrected chi connectivity index (χ0v) is 5.49. The monoisotopic (exact) mass is 175 g/mol. The van der Waals surface area contributed by atoms with Crippen molar-refractivity contribution in [2.24, 2.45) is 0 Å². The van der Waals surface area contributed by atoms with Crippen LogP contribution in [0.3, 0.4) is 0 Å². The molecule has 0 aliphatic rings. The van der Waals surface area contributed by atoms with Crippen LogP contribution in [0.2, 0.25) is 0 Å². The van der Waals surface area contributed by atoms with Crippen LogP contribution in [0.1, 0.15) is 0 Å². The van der Waals surface area contributed by atoms with Crippen molar-refractivity contribution in [2.75, 3.05) is 0 Å². The van der Waals surface area contributed by atoms with Crippen LogP contribution in [0.5, 0.6) is 0 Å². The molecule has 0 aliphatic carbocycles. The van der Waals surface area contributed by atoms with E-state index < -0.39 is 0 Å². The van der Waals surface area contributed by atoms with Gasteiger partial charge in [-0.3, -0.25) is 0 Å². The molecular weight excluding hydrogens is 164 g/mol. The first kappa shape index (κ1) is 929. The molecule has 0 heterocycles. The zero-order valence-electron chi connectivity index (χ0n) is 3.63. The molecular formula is H11ClCoN5-5. The molecule has 0 rings (SSSR count). The number of hydrogen-bond donors (Lipinski definition) is 0. The van der Waals surface area contributed by atoms with E-state index in [0.29, 0.717) is 0 Å². The Kier molecular flexibility index (Phi) is 77100. The Bertz CT molecular complexity index is 8.04. The second-order valence-corrected chi connectivity index (χ2v) is 0. The summed E-state index contributed by atoms with van der Waals surface area (Å²) in [5.74, 6) is 0. The maximum atomic E-state index is 0. The Labute approximate surface area is 60.5 Å². The Morgan fingerprint density at radius 2 is 0.429 bits per heavy atom. The van der Waals surface area contributed by atoms with E-state index in [0.717, 1.165) is 0 Å². The molecule has 0 atom stereocenters. The fourth-order valence-electron chi connectivity index (χ4n) is 0. The second-order valence-electron chi connectivity index (χ2n) is 0. The van der Waals surface area contributed by atoms with Crippen molar-refractivity contribution < 1.29 is 16.8 Å². The maximum absolute atomic E-state index is 0. The topological polar surface area (TPSA) is 168 Å². The molecule has 7 heteroatoms. The summed E-state index contributed by atoms with van der Waals surface area (Å²) in [5, 5.41) is 0. The molecule has 0 amide bonds. The summed E-state index contributed by atoms with van der Waals surface area (Å²) in [5.41, 5.74) is 0. The van der Waals surface area contributed by atoms with E-state index in [-0.39, 0.29) is 59.9 Å². The fourth-order valence-corrected chi connectivity index (χ4v) is 0. The predicted molar refractivity (Wildman–Crippen MR) is 33.7 cm³/mol. The molecule has 0 saturated carbocycles. The van der Waals surface area contributed by atoms with Gasteiger partial charge in [-0.25, -0.2) is 0 Å². The van der Waals surface area contributed by atoms with Crippen LogP contribution in [0.15, 0.2) is 0 Å². The van der Waals surface area contributed by atoms with Gasteiger partial charge in [0.1, 0.15) is 0 Å². The average molecular weight is 176 g/mol. The van der Waals surface area contributed by atoms with Gasteiger partial charge < -0.3 is 30.8 Å². The zero-order chi connectivity index (χ0) is 0. The van der Waals surface area contributed by atoms with Crippen molar-refractivity contribution in [3.63, 3.8) is 0 Å². The first-order chi connectivity index (χ1) is 0. The summed E-state index contributed by atoms with van der Waals surface area (Å²) in [4.78, 5) is 0. The SMILES string of the molecule is Cl.[Co].[NH2-].[NH2-].[NH2-].[NH2-].[NH2-]. The van der Waals surface area contributed by atoms with Crippen LogP contribution in [-0.4, -0.2) is 0 Å². The molecule has 57 valence electrons. The minimum atomic E-state index is 0. The van der Waals surface area contributed by atoms with Crippen molar-refractivity contribution in [2.45, 2.75) is 0 Å². The van der Waals surface area contributed by atoms with Crippen LogP contribution in [0, 0.1) is 0 Å². The number of hydrogen-bond acceptors (Lipinski definition) is 0. The van der Waals surface area contributed by atoms with Crippen molar-refractivity contribution in [3.05, 3.63) is 30.8 Å². The molecule has 5 nitrogen and oxygen atoms in total. The molecule has 0 fully saturated rings. The Morgan fingerprint density at radius 3 is 0.429 bits per heavy atom. The summed E-state index contributed by atoms with van der Waals surface area (Å²) in [6.45, 7) is 0. The third-order valence-corrected chi connectivity index (χ3v) is 0. The molecule has 0 aromatic heterocycles. The van der Waals surface area contributed by atoms with E-state index in [1.165, 1.54) is 0 Å². The van der Waals surface area contributed by atoms with E-state index in [4.69, 9.17) is 0 Å². The van der Waals surface area contributed by atoms with Gasteiger partial charge in [0.15, 0.2) is 0 Å². The minimum Gasteiger partial charge on any atom is -0.693 e. The molecule has 0 aromatic carbocycles. The Morgan fingerprint density at radius 1 is 0.429 bits per heavy atom. The Hall–Kier alpha value is 0.596. The molecule has 0 bridgehead atoms. The van der Waals surface area contributed by atoms with Gasteiger partial charge in [-0.2, -0.15) is 0 Å². The quantitative estimate of drug-likeness (QED) is 0.519. The van der Waals surface area contributed by atoms with Gasteiger partial charge in [-0.1, -0.05) is 0 Å². The minimum absolute atomic E-state index is 0. The summed E-state index contributed by atoms with van der Waals surface area (Å²) in [7, 11) is 0. The van der Waals surface area contributed by atoms with Gasteiger partial charge in [0, 0.05) is 16.8 Å². The second kappa shape index (κ2) is 581. The van der Waals surface area contributed by atoms with Crippen LogP contribution in [0.25, 0.3) is 30.8 Å². The Balaban J connectivity index is 0. The summed E-state index contributed by atoms with van der Waals surface area (Å²) < 4.78 is 0. The van der Waals surface area contributed by atoms with Gasteiger partial charge in [-0.15, -0.1) is 12.4 Å². The molecule has 0 spiro atoms.